The molecule has 3 rings (SSSR count). The summed E-state index contributed by atoms with van der Waals surface area (Å²) in [5.41, 5.74) is -1.68. The van der Waals surface area contributed by atoms with E-state index < -0.39 is 47.4 Å². The van der Waals surface area contributed by atoms with Crippen LogP contribution in [0.3, 0.4) is 0 Å². The number of nitrogens with one attached hydrogen (secondary N) is 2. The number of amides is 4. The van der Waals surface area contributed by atoms with Gasteiger partial charge < -0.3 is 15.4 Å². The fourth-order valence-corrected chi connectivity index (χ4v) is 4.56. The van der Waals surface area contributed by atoms with Crippen LogP contribution in [-0.2, 0) is 24.7 Å². The van der Waals surface area contributed by atoms with Crippen molar-refractivity contribution in [1.29, 1.82) is 0 Å². The highest BCUT2D eigenvalue weighted by atomic mass is 32.1. The highest BCUT2D eigenvalue weighted by molar-refractivity contribution is 7.10. The molecule has 1 saturated heterocycles. The number of nitrogens with zero attached hydrogens (tertiary/aromatic N) is 1. The first-order valence-electron chi connectivity index (χ1n) is 9.75. The summed E-state index contributed by atoms with van der Waals surface area (Å²) in [5.74, 6) is -1.51. The molecule has 0 spiro atoms. The van der Waals surface area contributed by atoms with E-state index in [0.717, 1.165) is 22.6 Å². The molecule has 1 aliphatic heterocycles. The molecule has 1 saturated carbocycles. The van der Waals surface area contributed by atoms with E-state index in [-0.39, 0.29) is 12.5 Å². The minimum absolute atomic E-state index is 0.0347. The third kappa shape index (κ3) is 4.01. The van der Waals surface area contributed by atoms with E-state index in [2.05, 4.69) is 10.6 Å². The van der Waals surface area contributed by atoms with Gasteiger partial charge in [-0.05, 0) is 42.5 Å². The topological polar surface area (TPSA) is 105 Å². The summed E-state index contributed by atoms with van der Waals surface area (Å²) in [6.45, 7) is 6.84. The number of urea groups is 1. The number of imide groups is 1. The number of thiophene rings is 1. The second-order valence-electron chi connectivity index (χ2n) is 8.50. The summed E-state index contributed by atoms with van der Waals surface area (Å²) in [4.78, 5) is 52.5. The van der Waals surface area contributed by atoms with Crippen molar-refractivity contribution in [3.05, 3.63) is 22.4 Å². The van der Waals surface area contributed by atoms with Crippen LogP contribution in [0.4, 0.5) is 4.79 Å². The van der Waals surface area contributed by atoms with E-state index in [4.69, 9.17) is 4.74 Å². The van der Waals surface area contributed by atoms with Gasteiger partial charge in [0.05, 0.1) is 6.61 Å². The smallest absolute Gasteiger partial charge is 0.329 e. The molecular weight excluding hydrogens is 394 g/mol. The van der Waals surface area contributed by atoms with Crippen molar-refractivity contribution in [1.82, 2.24) is 15.5 Å². The lowest BCUT2D eigenvalue weighted by Crippen LogP contribution is -2.53. The van der Waals surface area contributed by atoms with Gasteiger partial charge in [-0.1, -0.05) is 26.8 Å². The highest BCUT2D eigenvalue weighted by Gasteiger charge is 2.61. The molecule has 2 fully saturated rings. The summed E-state index contributed by atoms with van der Waals surface area (Å²) in [5, 5.41) is 7.33. The maximum atomic E-state index is 13.2. The Bertz CT molecular complexity index is 813. The first kappa shape index (κ1) is 21.3. The predicted octanol–water partition coefficient (Wildman–Crippen LogP) is 2.00. The molecule has 158 valence electrons. The number of hydrogen-bond acceptors (Lipinski definition) is 6. The van der Waals surface area contributed by atoms with Crippen LogP contribution >= 0.6 is 11.3 Å². The van der Waals surface area contributed by atoms with Gasteiger partial charge in [0.2, 0.25) is 5.91 Å². The Labute approximate surface area is 174 Å². The molecule has 0 radical (unpaired) electrons. The molecule has 2 heterocycles. The van der Waals surface area contributed by atoms with E-state index >= 15 is 0 Å². The highest BCUT2D eigenvalue weighted by Crippen LogP contribution is 2.50. The Kier molecular flexibility index (Phi) is 5.71. The molecule has 29 heavy (non-hydrogen) atoms. The Balaban J connectivity index is 1.76. The first-order valence-corrected chi connectivity index (χ1v) is 10.6. The van der Waals surface area contributed by atoms with Crippen LogP contribution in [0, 0.1) is 11.3 Å². The fourth-order valence-electron chi connectivity index (χ4n) is 3.61. The van der Waals surface area contributed by atoms with Crippen molar-refractivity contribution in [2.75, 3.05) is 13.2 Å². The van der Waals surface area contributed by atoms with Crippen LogP contribution in [0.1, 0.15) is 45.4 Å². The van der Waals surface area contributed by atoms with Crippen LogP contribution in [-0.4, -0.2) is 47.9 Å². The molecule has 1 aliphatic carbocycles. The maximum absolute atomic E-state index is 13.2. The molecule has 1 unspecified atom stereocenters. The average Bonchev–Trinajstić information content (AvgIpc) is 3.28. The van der Waals surface area contributed by atoms with Crippen LogP contribution in [0.25, 0.3) is 0 Å². The molecule has 1 aromatic heterocycles. The van der Waals surface area contributed by atoms with E-state index in [1.807, 2.05) is 17.5 Å². The largest absolute Gasteiger partial charge is 0.464 e. The van der Waals surface area contributed by atoms with Crippen molar-refractivity contribution >= 4 is 35.2 Å². The Morgan fingerprint density at radius 2 is 2.07 bits per heavy atom. The van der Waals surface area contributed by atoms with Crippen LogP contribution in [0.2, 0.25) is 0 Å². The molecule has 2 aliphatic rings. The maximum Gasteiger partial charge on any atom is 0.329 e. The SMILES string of the molecule is CCOC(=O)[C@@H](NC(=O)CN1C(=O)NC(c2cccs2)(C2CC2)C1=O)C(C)(C)C. The second kappa shape index (κ2) is 7.78. The lowest BCUT2D eigenvalue weighted by atomic mass is 9.86. The van der Waals surface area contributed by atoms with Gasteiger partial charge in [-0.15, -0.1) is 11.3 Å². The second-order valence-corrected chi connectivity index (χ2v) is 9.45. The van der Waals surface area contributed by atoms with Crippen LogP contribution in [0.5, 0.6) is 0 Å². The zero-order chi connectivity index (χ0) is 21.4. The van der Waals surface area contributed by atoms with Gasteiger partial charge in [0.25, 0.3) is 5.91 Å². The van der Waals surface area contributed by atoms with Crippen molar-refractivity contribution in [3.63, 3.8) is 0 Å². The summed E-state index contributed by atoms with van der Waals surface area (Å²) in [6, 6.07) is 2.20. The van der Waals surface area contributed by atoms with Crippen LogP contribution in [0.15, 0.2) is 17.5 Å². The first-order chi connectivity index (χ1) is 13.6. The molecule has 4 amide bonds. The van der Waals surface area contributed by atoms with Crippen molar-refractivity contribution < 1.29 is 23.9 Å². The lowest BCUT2D eigenvalue weighted by molar-refractivity contribution is -0.150. The predicted molar refractivity (Wildman–Crippen MR) is 107 cm³/mol. The van der Waals surface area contributed by atoms with E-state index in [1.54, 1.807) is 27.7 Å². The standard InChI is InChI=1S/C20H27N3O5S/c1-5-28-16(25)15(19(2,3)4)21-14(24)11-23-17(26)20(12-8-9-12,22-18(23)27)13-7-6-10-29-13/h6-7,10,12,15H,5,8-9,11H2,1-4H3,(H,21,24)(H,22,27)/t15-,20?/m1/s1. The number of rotatable bonds is 7. The summed E-state index contributed by atoms with van der Waals surface area (Å²) in [7, 11) is 0. The summed E-state index contributed by atoms with van der Waals surface area (Å²) >= 11 is 1.41. The van der Waals surface area contributed by atoms with E-state index in [0.29, 0.717) is 0 Å². The summed E-state index contributed by atoms with van der Waals surface area (Å²) in [6.07, 6.45) is 1.69. The van der Waals surface area contributed by atoms with Gasteiger partial charge in [-0.25, -0.2) is 9.59 Å². The Morgan fingerprint density at radius 3 is 2.59 bits per heavy atom. The van der Waals surface area contributed by atoms with Gasteiger partial charge in [0, 0.05) is 4.88 Å². The normalized spacial score (nSPS) is 23.0. The number of hydrogen-bond donors (Lipinski definition) is 2. The van der Waals surface area contributed by atoms with Crippen molar-refractivity contribution in [2.24, 2.45) is 11.3 Å². The fraction of sp³-hybridized carbons (Fsp3) is 0.600. The van der Waals surface area contributed by atoms with Crippen molar-refractivity contribution in [2.45, 2.75) is 52.1 Å². The molecular formula is C20H27N3O5S. The number of esters is 1. The molecule has 0 aromatic carbocycles. The van der Waals surface area contributed by atoms with Gasteiger partial charge in [0.15, 0.2) is 5.54 Å². The molecule has 2 atom stereocenters. The zero-order valence-corrected chi connectivity index (χ0v) is 17.9. The summed E-state index contributed by atoms with van der Waals surface area (Å²) < 4.78 is 5.05. The quantitative estimate of drug-likeness (QED) is 0.518. The average molecular weight is 422 g/mol. The minimum Gasteiger partial charge on any atom is -0.464 e. The number of ether oxygens (including phenoxy) is 1. The molecule has 1 aromatic rings. The third-order valence-electron chi connectivity index (χ3n) is 5.23. The van der Waals surface area contributed by atoms with Crippen LogP contribution < -0.4 is 10.6 Å². The van der Waals surface area contributed by atoms with Gasteiger partial charge in [0.1, 0.15) is 12.6 Å². The Morgan fingerprint density at radius 1 is 1.38 bits per heavy atom. The van der Waals surface area contributed by atoms with Crippen molar-refractivity contribution in [3.8, 4) is 0 Å². The number of carbonyl (C=O) groups is 4. The minimum atomic E-state index is -1.09. The van der Waals surface area contributed by atoms with E-state index in [1.165, 1.54) is 11.3 Å². The lowest BCUT2D eigenvalue weighted by Gasteiger charge is -2.30. The molecule has 0 bridgehead atoms. The number of carbonyl (C=O) groups excluding carboxylic acids is 4. The van der Waals surface area contributed by atoms with Gasteiger partial charge in [-0.3, -0.25) is 14.5 Å². The zero-order valence-electron chi connectivity index (χ0n) is 17.1. The van der Waals surface area contributed by atoms with Gasteiger partial charge in [-0.2, -0.15) is 0 Å². The molecule has 8 nitrogen and oxygen atoms in total. The molecule has 9 heteroatoms. The van der Waals surface area contributed by atoms with E-state index in [9.17, 15) is 19.2 Å². The molecule has 2 N–H and O–H groups in total. The monoisotopic (exact) mass is 421 g/mol. The third-order valence-corrected chi connectivity index (χ3v) is 6.23. The van der Waals surface area contributed by atoms with Gasteiger partial charge >= 0.3 is 12.0 Å². The Hall–Kier alpha value is -2.42.